The van der Waals surface area contributed by atoms with E-state index in [1.165, 1.54) is 57.8 Å². The largest absolute Gasteiger partial charge is 0.394 e. The molecule has 0 aromatic carbocycles. The van der Waals surface area contributed by atoms with Gasteiger partial charge in [-0.1, -0.05) is 157 Å². The standard InChI is InChI=1S/C46H79NO8/c1-3-5-7-9-11-13-15-17-18-19-20-21-22-24-26-28-30-32-34-36-42(50)47-39(38-54-46-45(53)44(52)43(51)41(37-48)55-46)40(49)35-33-31-29-27-25-23-16-14-12-10-8-6-4-2/h5,7,11,13,17-18,20-21,24,26,33,35,39-41,43-46,48-49,51-53H,3-4,6,8-10,12,14-16,19,22-23,25,27-32,34,36-38H2,1-2H3,(H,47,50)/b7-5-,13-11-,18-17-,21-20-,26-24-,35-33+. The zero-order valence-electron chi connectivity index (χ0n) is 34.4. The van der Waals surface area contributed by atoms with E-state index < -0.39 is 49.5 Å². The first-order valence-electron chi connectivity index (χ1n) is 21.7. The zero-order chi connectivity index (χ0) is 40.2. The van der Waals surface area contributed by atoms with Crippen LogP contribution in [0.25, 0.3) is 0 Å². The van der Waals surface area contributed by atoms with E-state index in [1.807, 2.05) is 6.08 Å². The number of amides is 1. The van der Waals surface area contributed by atoms with Gasteiger partial charge in [0, 0.05) is 6.42 Å². The fraction of sp³-hybridized carbons (Fsp3) is 0.717. The van der Waals surface area contributed by atoms with Crippen molar-refractivity contribution in [3.63, 3.8) is 0 Å². The molecule has 0 saturated carbocycles. The summed E-state index contributed by atoms with van der Waals surface area (Å²) in [5.74, 6) is -0.213. The molecule has 1 heterocycles. The van der Waals surface area contributed by atoms with E-state index in [9.17, 15) is 30.3 Å². The Morgan fingerprint density at radius 1 is 0.636 bits per heavy atom. The van der Waals surface area contributed by atoms with Gasteiger partial charge in [0.15, 0.2) is 6.29 Å². The van der Waals surface area contributed by atoms with Crippen molar-refractivity contribution in [1.29, 1.82) is 0 Å². The lowest BCUT2D eigenvalue weighted by Gasteiger charge is -2.40. The second-order valence-electron chi connectivity index (χ2n) is 14.8. The lowest BCUT2D eigenvalue weighted by molar-refractivity contribution is -0.302. The SMILES string of the molecule is CC/C=C\C/C=C\C/C=C\C/C=C\C/C=C\CCCCCC(=O)NC(COC1OC(CO)C(O)C(O)C1O)C(O)/C=C/CCCCCCCCCCCCC. The Labute approximate surface area is 334 Å². The van der Waals surface area contributed by atoms with E-state index in [4.69, 9.17) is 9.47 Å². The van der Waals surface area contributed by atoms with Crippen molar-refractivity contribution < 1.29 is 39.8 Å². The first-order valence-corrected chi connectivity index (χ1v) is 21.7. The second-order valence-corrected chi connectivity index (χ2v) is 14.8. The predicted octanol–water partition coefficient (Wildman–Crippen LogP) is 8.61. The quantitative estimate of drug-likeness (QED) is 0.0281. The first kappa shape index (κ1) is 50.6. The molecule has 1 saturated heterocycles. The lowest BCUT2D eigenvalue weighted by atomic mass is 9.99. The Bertz CT molecular complexity index is 1080. The third-order valence-electron chi connectivity index (χ3n) is 9.79. The van der Waals surface area contributed by atoms with Gasteiger partial charge in [-0.15, -0.1) is 0 Å². The van der Waals surface area contributed by atoms with Crippen molar-refractivity contribution in [3.05, 3.63) is 72.9 Å². The molecule has 0 spiro atoms. The van der Waals surface area contributed by atoms with Gasteiger partial charge in [-0.25, -0.2) is 0 Å². The molecule has 9 nitrogen and oxygen atoms in total. The van der Waals surface area contributed by atoms with Crippen LogP contribution in [0.4, 0.5) is 0 Å². The van der Waals surface area contributed by atoms with Crippen LogP contribution in [0, 0.1) is 0 Å². The Kier molecular flexibility index (Phi) is 33.2. The molecule has 316 valence electrons. The van der Waals surface area contributed by atoms with Crippen LogP contribution in [0.3, 0.4) is 0 Å². The molecule has 7 unspecified atom stereocenters. The van der Waals surface area contributed by atoms with E-state index in [2.05, 4.69) is 79.9 Å². The van der Waals surface area contributed by atoms with Crippen molar-refractivity contribution >= 4 is 5.91 Å². The molecule has 1 rings (SSSR count). The monoisotopic (exact) mass is 774 g/mol. The predicted molar refractivity (Wildman–Crippen MR) is 225 cm³/mol. The molecule has 1 fully saturated rings. The minimum absolute atomic E-state index is 0.206. The Morgan fingerprint density at radius 3 is 1.67 bits per heavy atom. The molecule has 1 aliphatic heterocycles. The maximum absolute atomic E-state index is 12.9. The number of nitrogens with one attached hydrogen (secondary N) is 1. The fourth-order valence-electron chi connectivity index (χ4n) is 6.30. The zero-order valence-corrected chi connectivity index (χ0v) is 34.4. The van der Waals surface area contributed by atoms with Crippen LogP contribution in [0.2, 0.25) is 0 Å². The summed E-state index contributed by atoms with van der Waals surface area (Å²) in [7, 11) is 0. The lowest BCUT2D eigenvalue weighted by Crippen LogP contribution is -2.60. The molecule has 1 aliphatic rings. The fourth-order valence-corrected chi connectivity index (χ4v) is 6.30. The summed E-state index contributed by atoms with van der Waals surface area (Å²) < 4.78 is 11.2. The maximum atomic E-state index is 12.9. The highest BCUT2D eigenvalue weighted by Crippen LogP contribution is 2.22. The summed E-state index contributed by atoms with van der Waals surface area (Å²) in [5.41, 5.74) is 0. The minimum Gasteiger partial charge on any atom is -0.394 e. The van der Waals surface area contributed by atoms with E-state index in [0.717, 1.165) is 70.6 Å². The van der Waals surface area contributed by atoms with Gasteiger partial charge in [-0.2, -0.15) is 0 Å². The number of aliphatic hydroxyl groups is 5. The molecular formula is C46H79NO8. The summed E-state index contributed by atoms with van der Waals surface area (Å²) >= 11 is 0. The molecule has 55 heavy (non-hydrogen) atoms. The number of unbranched alkanes of at least 4 members (excludes halogenated alkanes) is 14. The molecule has 0 radical (unpaired) electrons. The van der Waals surface area contributed by atoms with Crippen LogP contribution in [-0.2, 0) is 14.3 Å². The van der Waals surface area contributed by atoms with E-state index in [1.54, 1.807) is 6.08 Å². The number of hydrogen-bond acceptors (Lipinski definition) is 8. The summed E-state index contributed by atoms with van der Waals surface area (Å²) in [5, 5.41) is 54.1. The maximum Gasteiger partial charge on any atom is 0.220 e. The highest BCUT2D eigenvalue weighted by atomic mass is 16.7. The summed E-state index contributed by atoms with van der Waals surface area (Å²) in [6.45, 7) is 3.61. The van der Waals surface area contributed by atoms with Crippen molar-refractivity contribution in [2.75, 3.05) is 13.2 Å². The van der Waals surface area contributed by atoms with Gasteiger partial charge in [-0.3, -0.25) is 4.79 Å². The van der Waals surface area contributed by atoms with Gasteiger partial charge in [-0.05, 0) is 64.2 Å². The van der Waals surface area contributed by atoms with E-state index in [-0.39, 0.29) is 12.5 Å². The molecule has 1 amide bonds. The normalized spacial score (nSPS) is 22.1. The number of ether oxygens (including phenoxy) is 2. The molecule has 7 atom stereocenters. The molecule has 6 N–H and O–H groups in total. The molecular weight excluding hydrogens is 695 g/mol. The van der Waals surface area contributed by atoms with Gasteiger partial charge in [0.05, 0.1) is 25.4 Å². The van der Waals surface area contributed by atoms with Crippen LogP contribution in [0.1, 0.15) is 155 Å². The average molecular weight is 774 g/mol. The van der Waals surface area contributed by atoms with Crippen molar-refractivity contribution in [2.24, 2.45) is 0 Å². The number of aliphatic hydroxyl groups excluding tert-OH is 5. The average Bonchev–Trinajstić information content (AvgIpc) is 3.18. The van der Waals surface area contributed by atoms with Crippen LogP contribution in [-0.4, -0.2) is 87.5 Å². The van der Waals surface area contributed by atoms with Crippen molar-refractivity contribution in [3.8, 4) is 0 Å². The van der Waals surface area contributed by atoms with Crippen LogP contribution < -0.4 is 5.32 Å². The van der Waals surface area contributed by atoms with Crippen LogP contribution in [0.5, 0.6) is 0 Å². The van der Waals surface area contributed by atoms with Crippen molar-refractivity contribution in [1.82, 2.24) is 5.32 Å². The van der Waals surface area contributed by atoms with Gasteiger partial charge < -0.3 is 40.3 Å². The van der Waals surface area contributed by atoms with E-state index >= 15 is 0 Å². The van der Waals surface area contributed by atoms with Gasteiger partial charge in [0.2, 0.25) is 5.91 Å². The third-order valence-corrected chi connectivity index (χ3v) is 9.79. The topological polar surface area (TPSA) is 149 Å². The number of carbonyl (C=O) groups excluding carboxylic acids is 1. The second kappa shape index (κ2) is 36.0. The third kappa shape index (κ3) is 27.0. The Morgan fingerprint density at radius 2 is 1.13 bits per heavy atom. The Balaban J connectivity index is 2.43. The summed E-state index contributed by atoms with van der Waals surface area (Å²) in [6.07, 6.45) is 40.8. The number of allylic oxidation sites excluding steroid dienone is 11. The van der Waals surface area contributed by atoms with Gasteiger partial charge >= 0.3 is 0 Å². The van der Waals surface area contributed by atoms with Crippen LogP contribution >= 0.6 is 0 Å². The summed E-state index contributed by atoms with van der Waals surface area (Å²) in [6, 6.07) is -0.824. The molecule has 9 heteroatoms. The van der Waals surface area contributed by atoms with Gasteiger partial charge in [0.25, 0.3) is 0 Å². The smallest absolute Gasteiger partial charge is 0.220 e. The summed E-state index contributed by atoms with van der Waals surface area (Å²) in [4.78, 5) is 12.9. The highest BCUT2D eigenvalue weighted by Gasteiger charge is 2.44. The number of carbonyl (C=O) groups is 1. The first-order chi connectivity index (χ1) is 26.8. The molecule has 0 aliphatic carbocycles. The Hall–Kier alpha value is -2.37. The minimum atomic E-state index is -1.57. The molecule has 0 bridgehead atoms. The number of rotatable bonds is 34. The molecule has 0 aromatic rings. The van der Waals surface area contributed by atoms with E-state index in [0.29, 0.717) is 12.8 Å². The molecule has 0 aromatic heterocycles. The number of hydrogen-bond donors (Lipinski definition) is 6. The van der Waals surface area contributed by atoms with Gasteiger partial charge in [0.1, 0.15) is 24.4 Å². The highest BCUT2D eigenvalue weighted by molar-refractivity contribution is 5.76. The van der Waals surface area contributed by atoms with Crippen LogP contribution in [0.15, 0.2) is 72.9 Å². The van der Waals surface area contributed by atoms with Crippen molar-refractivity contribution in [2.45, 2.75) is 198 Å².